The highest BCUT2D eigenvalue weighted by Crippen LogP contribution is 2.32. The van der Waals surface area contributed by atoms with Gasteiger partial charge in [0.15, 0.2) is 0 Å². The number of aromatic nitrogens is 3. The van der Waals surface area contributed by atoms with Crippen LogP contribution in [0.2, 0.25) is 0 Å². The first-order chi connectivity index (χ1) is 14.0. The van der Waals surface area contributed by atoms with Crippen LogP contribution >= 0.6 is 0 Å². The van der Waals surface area contributed by atoms with Crippen molar-refractivity contribution in [3.8, 4) is 17.1 Å². The Morgan fingerprint density at radius 3 is 2.93 bits per heavy atom. The van der Waals surface area contributed by atoms with Gasteiger partial charge < -0.3 is 25.3 Å². The van der Waals surface area contributed by atoms with Crippen LogP contribution in [0.3, 0.4) is 0 Å². The van der Waals surface area contributed by atoms with Crippen LogP contribution in [0, 0.1) is 11.3 Å². The molecule has 8 heteroatoms. The molecular weight excluding hydrogens is 368 g/mol. The first kappa shape index (κ1) is 18.9. The zero-order chi connectivity index (χ0) is 20.5. The van der Waals surface area contributed by atoms with Gasteiger partial charge in [0.25, 0.3) is 0 Å². The Morgan fingerprint density at radius 2 is 2.24 bits per heavy atom. The van der Waals surface area contributed by atoms with Gasteiger partial charge in [-0.2, -0.15) is 0 Å². The fraction of sp³-hybridized carbons (Fsp3) is 0.333. The summed E-state index contributed by atoms with van der Waals surface area (Å²) in [6.45, 7) is 2.59. The molecule has 0 spiro atoms. The third-order valence-electron chi connectivity index (χ3n) is 5.41. The number of imidazole rings is 1. The highest BCUT2D eigenvalue weighted by Gasteiger charge is 2.29. The summed E-state index contributed by atoms with van der Waals surface area (Å²) >= 11 is 0. The van der Waals surface area contributed by atoms with Gasteiger partial charge in [-0.1, -0.05) is 12.1 Å². The van der Waals surface area contributed by atoms with Crippen LogP contribution in [0.5, 0.6) is 5.88 Å². The number of anilines is 1. The fourth-order valence-corrected chi connectivity index (χ4v) is 3.66. The molecule has 1 aliphatic rings. The highest BCUT2D eigenvalue weighted by molar-refractivity contribution is 5.89. The van der Waals surface area contributed by atoms with E-state index in [1.54, 1.807) is 6.33 Å². The largest absolute Gasteiger partial charge is 0.473 e. The molecule has 150 valence electrons. The predicted octanol–water partition coefficient (Wildman–Crippen LogP) is 2.58. The Balaban J connectivity index is 1.75. The highest BCUT2D eigenvalue weighted by atomic mass is 16.5. The zero-order valence-corrected chi connectivity index (χ0v) is 16.7. The molecule has 3 aromatic rings. The number of rotatable bonds is 6. The zero-order valence-electron chi connectivity index (χ0n) is 16.7. The smallest absolute Gasteiger partial charge is 0.241 e. The van der Waals surface area contributed by atoms with Crippen LogP contribution in [0.1, 0.15) is 18.9 Å². The Kier molecular flexibility index (Phi) is 4.92. The fourth-order valence-electron chi connectivity index (χ4n) is 3.66. The molecule has 1 saturated heterocycles. The molecule has 0 aliphatic carbocycles. The maximum Gasteiger partial charge on any atom is 0.241 e. The number of carbonyl (C=O) groups is 1. The lowest BCUT2D eigenvalue weighted by molar-refractivity contribution is -0.119. The number of pyridine rings is 1. The number of aryl methyl sites for hydroxylation is 1. The second-order valence-electron chi connectivity index (χ2n) is 7.32. The second kappa shape index (κ2) is 7.54. The summed E-state index contributed by atoms with van der Waals surface area (Å²) < 4.78 is 8.14. The van der Waals surface area contributed by atoms with Crippen molar-refractivity contribution in [1.82, 2.24) is 19.9 Å². The van der Waals surface area contributed by atoms with E-state index in [1.807, 2.05) is 49.9 Å². The lowest BCUT2D eigenvalue weighted by Crippen LogP contribution is -2.26. The predicted molar refractivity (Wildman–Crippen MR) is 113 cm³/mol. The van der Waals surface area contributed by atoms with Gasteiger partial charge >= 0.3 is 0 Å². The van der Waals surface area contributed by atoms with Gasteiger partial charge in [-0.25, -0.2) is 9.97 Å². The number of carbonyl (C=O) groups excluding carboxylic acids is 1. The van der Waals surface area contributed by atoms with E-state index < -0.39 is 0 Å². The minimum atomic E-state index is -0.164. The van der Waals surface area contributed by atoms with E-state index in [4.69, 9.17) is 15.1 Å². The summed E-state index contributed by atoms with van der Waals surface area (Å²) in [7, 11) is 3.74. The number of nitrogens with one attached hydrogen (secondary N) is 3. The van der Waals surface area contributed by atoms with Crippen molar-refractivity contribution in [2.75, 3.05) is 18.9 Å². The maximum absolute atomic E-state index is 11.6. The van der Waals surface area contributed by atoms with Crippen LogP contribution in [0.25, 0.3) is 22.3 Å². The Hall–Kier alpha value is -3.42. The molecular formula is C21H24N6O2. The summed E-state index contributed by atoms with van der Waals surface area (Å²) in [4.78, 5) is 20.8. The molecule has 3 N–H and O–H groups in total. The van der Waals surface area contributed by atoms with Crippen molar-refractivity contribution in [1.29, 1.82) is 5.41 Å². The lowest BCUT2D eigenvalue weighted by Gasteiger charge is -2.20. The Bertz CT molecular complexity index is 1090. The molecule has 2 aromatic heterocycles. The van der Waals surface area contributed by atoms with E-state index in [0.29, 0.717) is 18.8 Å². The van der Waals surface area contributed by atoms with Crippen LogP contribution in [-0.2, 0) is 11.8 Å². The van der Waals surface area contributed by atoms with Crippen molar-refractivity contribution < 1.29 is 9.53 Å². The van der Waals surface area contributed by atoms with E-state index in [9.17, 15) is 4.79 Å². The van der Waals surface area contributed by atoms with Crippen molar-refractivity contribution in [3.63, 3.8) is 0 Å². The second-order valence-corrected chi connectivity index (χ2v) is 7.32. The van der Waals surface area contributed by atoms with E-state index in [-0.39, 0.29) is 17.9 Å². The first-order valence-electron chi connectivity index (χ1n) is 9.58. The minimum Gasteiger partial charge on any atom is -0.473 e. The molecule has 29 heavy (non-hydrogen) atoms. The van der Waals surface area contributed by atoms with Crippen LogP contribution < -0.4 is 15.4 Å². The SMILES string of the molecule is CNc1cc(-c2cc3ncn(C)c3c(O[C@H](C)[C@H]3CNC(=O)C3)n2)ccc1C=N. The number of benzene rings is 1. The number of hydrogen-bond donors (Lipinski definition) is 3. The normalized spacial score (nSPS) is 17.2. The monoisotopic (exact) mass is 392 g/mol. The van der Waals surface area contributed by atoms with Gasteiger partial charge in [-0.15, -0.1) is 0 Å². The summed E-state index contributed by atoms with van der Waals surface area (Å²) in [6, 6.07) is 7.72. The van der Waals surface area contributed by atoms with Crippen molar-refractivity contribution in [2.24, 2.45) is 13.0 Å². The molecule has 8 nitrogen and oxygen atoms in total. The summed E-state index contributed by atoms with van der Waals surface area (Å²) in [5, 5.41) is 13.5. The topological polar surface area (TPSA) is 105 Å². The number of fused-ring (bicyclic) bond motifs is 1. The quantitative estimate of drug-likeness (QED) is 0.559. The van der Waals surface area contributed by atoms with E-state index >= 15 is 0 Å². The maximum atomic E-state index is 11.6. The number of amides is 1. The molecule has 2 atom stereocenters. The lowest BCUT2D eigenvalue weighted by atomic mass is 10.0. The van der Waals surface area contributed by atoms with Crippen molar-refractivity contribution in [3.05, 3.63) is 36.2 Å². The third-order valence-corrected chi connectivity index (χ3v) is 5.41. The molecule has 1 aromatic carbocycles. The molecule has 0 bridgehead atoms. The van der Waals surface area contributed by atoms with E-state index in [0.717, 1.165) is 33.5 Å². The average Bonchev–Trinajstić information content (AvgIpc) is 3.33. The van der Waals surface area contributed by atoms with Crippen LogP contribution in [0.4, 0.5) is 5.69 Å². The Morgan fingerprint density at radius 1 is 1.41 bits per heavy atom. The van der Waals surface area contributed by atoms with Gasteiger partial charge in [0, 0.05) is 56.0 Å². The molecule has 0 radical (unpaired) electrons. The van der Waals surface area contributed by atoms with E-state index in [2.05, 4.69) is 15.6 Å². The van der Waals surface area contributed by atoms with Gasteiger partial charge in [0.2, 0.25) is 11.8 Å². The van der Waals surface area contributed by atoms with Crippen LogP contribution in [0.15, 0.2) is 30.6 Å². The molecule has 4 rings (SSSR count). The van der Waals surface area contributed by atoms with Gasteiger partial charge in [0.1, 0.15) is 11.6 Å². The first-order valence-corrected chi connectivity index (χ1v) is 9.58. The van der Waals surface area contributed by atoms with Gasteiger partial charge in [-0.3, -0.25) is 4.79 Å². The number of nitrogens with zero attached hydrogens (tertiary/aromatic N) is 3. The number of ether oxygens (including phenoxy) is 1. The number of hydrogen-bond acceptors (Lipinski definition) is 6. The standard InChI is InChI=1S/C21H24N6O2/c1-12(15-7-19(28)24-10-15)29-21-20-18(25-11-27(20)3)8-17(26-21)13-4-5-14(9-22)16(6-13)23-2/h4-6,8-9,11-12,15,22-23H,7,10H2,1-3H3,(H,24,28)/t12-,15-/m1/s1. The summed E-state index contributed by atoms with van der Waals surface area (Å²) in [5.74, 6) is 0.675. The third kappa shape index (κ3) is 3.53. The Labute approximate surface area is 168 Å². The molecule has 3 heterocycles. The molecule has 1 amide bonds. The minimum absolute atomic E-state index is 0.0590. The van der Waals surface area contributed by atoms with E-state index in [1.165, 1.54) is 6.21 Å². The molecule has 1 fully saturated rings. The summed E-state index contributed by atoms with van der Waals surface area (Å²) in [5.41, 5.74) is 4.92. The van der Waals surface area contributed by atoms with Gasteiger partial charge in [-0.05, 0) is 19.1 Å². The van der Waals surface area contributed by atoms with Gasteiger partial charge in [0.05, 0.1) is 17.5 Å². The molecule has 1 aliphatic heterocycles. The molecule has 0 unspecified atom stereocenters. The van der Waals surface area contributed by atoms with Crippen molar-refractivity contribution >= 4 is 28.8 Å². The average molecular weight is 392 g/mol. The molecule has 0 saturated carbocycles. The van der Waals surface area contributed by atoms with Crippen LogP contribution in [-0.4, -0.2) is 46.4 Å². The summed E-state index contributed by atoms with van der Waals surface area (Å²) in [6.07, 6.45) is 3.36. The van der Waals surface area contributed by atoms with Crippen molar-refractivity contribution in [2.45, 2.75) is 19.4 Å².